The van der Waals surface area contributed by atoms with Crippen molar-refractivity contribution in [1.29, 1.82) is 0 Å². The van der Waals surface area contributed by atoms with Crippen molar-refractivity contribution >= 4 is 17.3 Å². The summed E-state index contributed by atoms with van der Waals surface area (Å²) in [7, 11) is 0. The normalized spacial score (nSPS) is 14.8. The molecule has 0 saturated carbocycles. The molecule has 0 amide bonds. The number of aromatic nitrogens is 2. The summed E-state index contributed by atoms with van der Waals surface area (Å²) < 4.78 is 0. The van der Waals surface area contributed by atoms with Gasteiger partial charge in [-0.3, -0.25) is 9.80 Å². The van der Waals surface area contributed by atoms with E-state index in [-0.39, 0.29) is 0 Å². The van der Waals surface area contributed by atoms with Crippen molar-refractivity contribution < 1.29 is 0 Å². The number of nitrogen functional groups attached to an aromatic ring is 1. The van der Waals surface area contributed by atoms with Crippen molar-refractivity contribution in [3.8, 4) is 0 Å². The first-order valence-electron chi connectivity index (χ1n) is 6.53. The molecular weight excluding hydrogens is 262 g/mol. The van der Waals surface area contributed by atoms with Gasteiger partial charge in [0.2, 0.25) is 0 Å². The zero-order valence-corrected chi connectivity index (χ0v) is 12.4. The largest absolute Gasteiger partial charge is 0.382 e. The molecule has 5 nitrogen and oxygen atoms in total. The fraction of sp³-hybridized carbons (Fsp3) is 0.125. The zero-order valence-electron chi connectivity index (χ0n) is 12.4. The highest BCUT2D eigenvalue weighted by Gasteiger charge is 2.35. The van der Waals surface area contributed by atoms with E-state index in [1.54, 1.807) is 6.08 Å². The number of fused-ring (bicyclic) bond motifs is 1. The highest BCUT2D eigenvalue weighted by Crippen LogP contribution is 2.46. The van der Waals surface area contributed by atoms with E-state index in [1.807, 2.05) is 41.9 Å². The van der Waals surface area contributed by atoms with Crippen LogP contribution < -0.4 is 15.5 Å². The van der Waals surface area contributed by atoms with E-state index in [4.69, 9.17) is 5.73 Å². The topological polar surface area (TPSA) is 58.3 Å². The van der Waals surface area contributed by atoms with E-state index in [1.165, 1.54) is 6.33 Å². The summed E-state index contributed by atoms with van der Waals surface area (Å²) in [4.78, 5) is 12.2. The van der Waals surface area contributed by atoms with Gasteiger partial charge in [0.1, 0.15) is 17.8 Å². The molecule has 0 radical (unpaired) electrons. The molecule has 0 atom stereocenters. The smallest absolute Gasteiger partial charge is 0.168 e. The summed E-state index contributed by atoms with van der Waals surface area (Å²) in [5, 5.41) is 0. The average Bonchev–Trinajstić information content (AvgIpc) is 2.73. The van der Waals surface area contributed by atoms with E-state index in [0.29, 0.717) is 23.1 Å². The number of nitrogens with zero attached hydrogens (tertiary/aromatic N) is 4. The molecule has 2 N–H and O–H groups in total. The van der Waals surface area contributed by atoms with Gasteiger partial charge in [0.05, 0.1) is 0 Å². The lowest BCUT2D eigenvalue weighted by molar-refractivity contribution is 1.03. The van der Waals surface area contributed by atoms with Crippen molar-refractivity contribution in [1.82, 2.24) is 9.97 Å². The van der Waals surface area contributed by atoms with Crippen molar-refractivity contribution in [2.75, 3.05) is 15.5 Å². The highest BCUT2D eigenvalue weighted by atomic mass is 15.4. The molecule has 2 heterocycles. The van der Waals surface area contributed by atoms with Crippen molar-refractivity contribution in [3.05, 3.63) is 67.6 Å². The molecule has 0 spiro atoms. The van der Waals surface area contributed by atoms with Crippen LogP contribution in [0.4, 0.5) is 17.3 Å². The fourth-order valence-electron chi connectivity index (χ4n) is 2.30. The second-order valence-corrected chi connectivity index (χ2v) is 4.55. The van der Waals surface area contributed by atoms with Gasteiger partial charge in [-0.2, -0.15) is 0 Å². The van der Waals surface area contributed by atoms with E-state index in [9.17, 15) is 0 Å². The van der Waals surface area contributed by atoms with Crippen LogP contribution in [0.3, 0.4) is 0 Å². The minimum Gasteiger partial charge on any atom is -0.382 e. The highest BCUT2D eigenvalue weighted by molar-refractivity contribution is 5.90. The maximum absolute atomic E-state index is 6.03. The second kappa shape index (κ2) is 5.66. The van der Waals surface area contributed by atoms with E-state index >= 15 is 0 Å². The van der Waals surface area contributed by atoms with Crippen LogP contribution in [0, 0.1) is 0 Å². The number of hydrogen-bond acceptors (Lipinski definition) is 5. The monoisotopic (exact) mass is 281 g/mol. The molecule has 1 aliphatic heterocycles. The molecule has 0 fully saturated rings. The van der Waals surface area contributed by atoms with Gasteiger partial charge < -0.3 is 5.73 Å². The van der Waals surface area contributed by atoms with Crippen molar-refractivity contribution in [3.63, 3.8) is 0 Å². The average molecular weight is 281 g/mol. The Kier molecular flexibility index (Phi) is 3.93. The van der Waals surface area contributed by atoms with E-state index in [0.717, 1.165) is 11.4 Å². The third kappa shape index (κ3) is 2.33. The van der Waals surface area contributed by atoms with E-state index < -0.39 is 0 Å². The van der Waals surface area contributed by atoms with Crippen LogP contribution in [0.25, 0.3) is 0 Å². The summed E-state index contributed by atoms with van der Waals surface area (Å²) >= 11 is 0. The zero-order chi connectivity index (χ0) is 15.6. The standard InChI is InChI=1S/C16H19N5/c1-6-8-11(3)20-13(5)21(12(4)9-7-2)16-14(20)15(17)18-10-19-16/h6-10H,2-3,5H2,1,4H3,(H2,17,18,19). The number of nitrogens with two attached hydrogens (primary N) is 1. The summed E-state index contributed by atoms with van der Waals surface area (Å²) in [5.74, 6) is 1.78. The first-order valence-corrected chi connectivity index (χ1v) is 6.53. The molecular formula is C16H19N5. The van der Waals surface area contributed by atoms with Crippen molar-refractivity contribution in [2.45, 2.75) is 13.8 Å². The van der Waals surface area contributed by atoms with Gasteiger partial charge in [0.15, 0.2) is 11.6 Å². The Bertz CT molecular complexity index is 669. The van der Waals surface area contributed by atoms with Crippen LogP contribution in [0.5, 0.6) is 0 Å². The molecule has 0 bridgehead atoms. The summed E-state index contributed by atoms with van der Waals surface area (Å²) in [6, 6.07) is 0. The van der Waals surface area contributed by atoms with Crippen LogP contribution in [-0.4, -0.2) is 9.97 Å². The molecule has 1 aromatic heterocycles. The molecule has 1 aliphatic rings. The van der Waals surface area contributed by atoms with Gasteiger partial charge in [-0.15, -0.1) is 0 Å². The summed E-state index contributed by atoms with van der Waals surface area (Å²) in [6.07, 6.45) is 8.84. The van der Waals surface area contributed by atoms with Crippen LogP contribution in [0.15, 0.2) is 67.6 Å². The van der Waals surface area contributed by atoms with Crippen molar-refractivity contribution in [2.24, 2.45) is 0 Å². The first-order chi connectivity index (χ1) is 10.0. The molecule has 0 saturated heterocycles. The van der Waals surface area contributed by atoms with Crippen LogP contribution in [0.1, 0.15) is 13.8 Å². The van der Waals surface area contributed by atoms with Crippen LogP contribution in [-0.2, 0) is 0 Å². The summed E-state index contributed by atoms with van der Waals surface area (Å²) in [5.41, 5.74) is 8.41. The third-order valence-electron chi connectivity index (χ3n) is 3.14. The number of anilines is 3. The molecule has 0 aromatic carbocycles. The number of allylic oxidation sites excluding steroid dienone is 5. The lowest BCUT2D eigenvalue weighted by atomic mass is 10.3. The Hall–Kier alpha value is -2.82. The van der Waals surface area contributed by atoms with Gasteiger partial charge in [0.25, 0.3) is 0 Å². The Morgan fingerprint density at radius 1 is 1.33 bits per heavy atom. The third-order valence-corrected chi connectivity index (χ3v) is 3.14. The summed E-state index contributed by atoms with van der Waals surface area (Å²) in [6.45, 7) is 15.8. The van der Waals surface area contributed by atoms with Gasteiger partial charge in [0, 0.05) is 11.4 Å². The molecule has 2 rings (SSSR count). The fourth-order valence-corrected chi connectivity index (χ4v) is 2.30. The quantitative estimate of drug-likeness (QED) is 0.858. The Morgan fingerprint density at radius 2 is 2.05 bits per heavy atom. The van der Waals surface area contributed by atoms with Gasteiger partial charge in [-0.25, -0.2) is 9.97 Å². The van der Waals surface area contributed by atoms with Gasteiger partial charge >= 0.3 is 0 Å². The second-order valence-electron chi connectivity index (χ2n) is 4.55. The number of hydrogen-bond donors (Lipinski definition) is 1. The maximum atomic E-state index is 6.03. The first kappa shape index (κ1) is 14.6. The minimum atomic E-state index is 0.390. The SMILES string of the molecule is C=CC=C(C)N1C(=C)N(C(=C)C=CC)c2c(N)ncnc21. The Morgan fingerprint density at radius 3 is 2.67 bits per heavy atom. The molecule has 0 aliphatic carbocycles. The van der Waals surface area contributed by atoms with Crippen LogP contribution >= 0.6 is 0 Å². The Labute approximate surface area is 125 Å². The lowest BCUT2D eigenvalue weighted by Gasteiger charge is -2.24. The number of rotatable bonds is 4. The molecule has 21 heavy (non-hydrogen) atoms. The molecule has 1 aromatic rings. The molecule has 0 unspecified atom stereocenters. The Balaban J connectivity index is 2.64. The van der Waals surface area contributed by atoms with Gasteiger partial charge in [-0.05, 0) is 26.0 Å². The van der Waals surface area contributed by atoms with E-state index in [2.05, 4.69) is 29.7 Å². The molecule has 5 heteroatoms. The predicted octanol–water partition coefficient (Wildman–Crippen LogP) is 3.34. The minimum absolute atomic E-state index is 0.390. The predicted molar refractivity (Wildman–Crippen MR) is 88.5 cm³/mol. The van der Waals surface area contributed by atoms with Gasteiger partial charge in [-0.1, -0.05) is 31.9 Å². The van der Waals surface area contributed by atoms with Crippen LogP contribution in [0.2, 0.25) is 0 Å². The maximum Gasteiger partial charge on any atom is 0.168 e. The molecule has 108 valence electrons. The lowest BCUT2D eigenvalue weighted by Crippen LogP contribution is -2.25.